The first kappa shape index (κ1) is 15.5. The van der Waals surface area contributed by atoms with Gasteiger partial charge in [0.05, 0.1) is 0 Å². The van der Waals surface area contributed by atoms with Gasteiger partial charge in [0.25, 0.3) is 11.8 Å². The molecular weight excluding hydrogens is 314 g/mol. The molecule has 2 heterocycles. The molecule has 0 unspecified atom stereocenters. The van der Waals surface area contributed by atoms with Crippen LogP contribution in [0.4, 0.5) is 0 Å². The summed E-state index contributed by atoms with van der Waals surface area (Å²) in [5.41, 5.74) is 1.24. The van der Waals surface area contributed by atoms with Crippen LogP contribution in [-0.2, 0) is 0 Å². The number of hydrogen-bond acceptors (Lipinski definition) is 3. The van der Waals surface area contributed by atoms with E-state index in [4.69, 9.17) is 11.6 Å². The van der Waals surface area contributed by atoms with Crippen LogP contribution in [0.3, 0.4) is 0 Å². The minimum atomic E-state index is -0.0299. The van der Waals surface area contributed by atoms with E-state index in [9.17, 15) is 9.59 Å². The minimum absolute atomic E-state index is 0.0222. The molecule has 2 amide bonds. The predicted octanol–water partition coefficient (Wildman–Crippen LogP) is 2.33. The Morgan fingerprint density at radius 2 is 1.22 bits per heavy atom. The zero-order chi connectivity index (χ0) is 16.2. The van der Waals surface area contributed by atoms with Crippen LogP contribution in [0.1, 0.15) is 20.7 Å². The number of rotatable bonds is 2. The van der Waals surface area contributed by atoms with Crippen molar-refractivity contribution in [3.8, 4) is 0 Å². The number of piperazine rings is 1. The third kappa shape index (κ3) is 3.51. The van der Waals surface area contributed by atoms with Crippen LogP contribution in [-0.4, -0.2) is 52.8 Å². The fourth-order valence-electron chi connectivity index (χ4n) is 2.56. The van der Waals surface area contributed by atoms with Crippen LogP contribution in [0.25, 0.3) is 0 Å². The lowest BCUT2D eigenvalue weighted by Gasteiger charge is -2.34. The zero-order valence-corrected chi connectivity index (χ0v) is 13.2. The Morgan fingerprint density at radius 1 is 0.783 bits per heavy atom. The van der Waals surface area contributed by atoms with Crippen molar-refractivity contribution in [2.45, 2.75) is 0 Å². The Morgan fingerprint density at radius 3 is 1.70 bits per heavy atom. The van der Waals surface area contributed by atoms with Crippen molar-refractivity contribution < 1.29 is 9.59 Å². The monoisotopic (exact) mass is 329 g/mol. The fourth-order valence-corrected chi connectivity index (χ4v) is 2.69. The van der Waals surface area contributed by atoms with Crippen LogP contribution in [0.15, 0.2) is 48.8 Å². The number of halogens is 1. The van der Waals surface area contributed by atoms with Crippen LogP contribution in [0.2, 0.25) is 5.02 Å². The SMILES string of the molecule is O=C(c1ccncc1)N1CCN(C(=O)c2ccc(Cl)cc2)CC1. The van der Waals surface area contributed by atoms with Crippen LogP contribution in [0.5, 0.6) is 0 Å². The molecule has 0 saturated carbocycles. The van der Waals surface area contributed by atoms with E-state index in [-0.39, 0.29) is 11.8 Å². The lowest BCUT2D eigenvalue weighted by atomic mass is 10.1. The summed E-state index contributed by atoms with van der Waals surface area (Å²) in [6.07, 6.45) is 3.21. The summed E-state index contributed by atoms with van der Waals surface area (Å²) in [7, 11) is 0. The highest BCUT2D eigenvalue weighted by molar-refractivity contribution is 6.30. The zero-order valence-electron chi connectivity index (χ0n) is 12.5. The number of benzene rings is 1. The van der Waals surface area contributed by atoms with Crippen molar-refractivity contribution in [1.82, 2.24) is 14.8 Å². The van der Waals surface area contributed by atoms with E-state index in [1.807, 2.05) is 0 Å². The molecule has 5 nitrogen and oxygen atoms in total. The quantitative estimate of drug-likeness (QED) is 0.849. The first-order chi connectivity index (χ1) is 11.1. The number of carbonyl (C=O) groups is 2. The van der Waals surface area contributed by atoms with Crippen LogP contribution in [0, 0.1) is 0 Å². The summed E-state index contributed by atoms with van der Waals surface area (Å²) < 4.78 is 0. The Kier molecular flexibility index (Phi) is 4.57. The van der Waals surface area contributed by atoms with Gasteiger partial charge in [0.2, 0.25) is 0 Å². The largest absolute Gasteiger partial charge is 0.335 e. The topological polar surface area (TPSA) is 53.5 Å². The Labute approximate surface area is 139 Å². The summed E-state index contributed by atoms with van der Waals surface area (Å²) in [4.78, 5) is 32.2. The second kappa shape index (κ2) is 6.79. The van der Waals surface area contributed by atoms with E-state index in [0.29, 0.717) is 42.3 Å². The molecule has 1 aliphatic heterocycles. The Hall–Kier alpha value is -2.40. The summed E-state index contributed by atoms with van der Waals surface area (Å²) in [5, 5.41) is 0.606. The van der Waals surface area contributed by atoms with Gasteiger partial charge < -0.3 is 9.80 Å². The molecule has 0 aliphatic carbocycles. The molecule has 0 bridgehead atoms. The van der Waals surface area contributed by atoms with E-state index in [1.54, 1.807) is 58.6 Å². The highest BCUT2D eigenvalue weighted by Crippen LogP contribution is 2.14. The predicted molar refractivity (Wildman–Crippen MR) is 87.5 cm³/mol. The molecular formula is C17H16ClN3O2. The maximum atomic E-state index is 12.4. The van der Waals surface area contributed by atoms with Crippen molar-refractivity contribution in [1.29, 1.82) is 0 Å². The van der Waals surface area contributed by atoms with Crippen LogP contribution >= 0.6 is 11.6 Å². The van der Waals surface area contributed by atoms with Gasteiger partial charge in [-0.2, -0.15) is 0 Å². The lowest BCUT2D eigenvalue weighted by Crippen LogP contribution is -2.50. The molecule has 1 aromatic carbocycles. The fraction of sp³-hybridized carbons (Fsp3) is 0.235. The average molecular weight is 330 g/mol. The molecule has 0 spiro atoms. The molecule has 23 heavy (non-hydrogen) atoms. The molecule has 118 valence electrons. The van der Waals surface area contributed by atoms with Gasteiger partial charge in [0.15, 0.2) is 0 Å². The lowest BCUT2D eigenvalue weighted by molar-refractivity contribution is 0.0535. The van der Waals surface area contributed by atoms with Crippen LogP contribution < -0.4 is 0 Å². The maximum Gasteiger partial charge on any atom is 0.254 e. The molecule has 1 saturated heterocycles. The number of amides is 2. The number of carbonyl (C=O) groups excluding carboxylic acids is 2. The van der Waals surface area contributed by atoms with Gasteiger partial charge in [0, 0.05) is 54.7 Å². The van der Waals surface area contributed by atoms with Gasteiger partial charge in [-0.05, 0) is 36.4 Å². The number of hydrogen-bond donors (Lipinski definition) is 0. The van der Waals surface area contributed by atoms with E-state index < -0.39 is 0 Å². The standard InChI is InChI=1S/C17H16ClN3O2/c18-15-3-1-13(2-4-15)16(22)20-9-11-21(12-10-20)17(23)14-5-7-19-8-6-14/h1-8H,9-12H2. The number of aromatic nitrogens is 1. The highest BCUT2D eigenvalue weighted by Gasteiger charge is 2.25. The van der Waals surface area contributed by atoms with E-state index in [0.717, 1.165) is 0 Å². The first-order valence-electron chi connectivity index (χ1n) is 7.39. The highest BCUT2D eigenvalue weighted by atomic mass is 35.5. The third-order valence-corrected chi connectivity index (χ3v) is 4.12. The van der Waals surface area contributed by atoms with Crippen molar-refractivity contribution >= 4 is 23.4 Å². The Bertz CT molecular complexity index is 696. The minimum Gasteiger partial charge on any atom is -0.335 e. The summed E-state index contributed by atoms with van der Waals surface area (Å²) in [6, 6.07) is 10.3. The van der Waals surface area contributed by atoms with Crippen molar-refractivity contribution in [2.24, 2.45) is 0 Å². The van der Waals surface area contributed by atoms with Gasteiger partial charge in [-0.25, -0.2) is 0 Å². The van der Waals surface area contributed by atoms with Gasteiger partial charge in [-0.1, -0.05) is 11.6 Å². The molecule has 3 rings (SSSR count). The summed E-state index contributed by atoms with van der Waals surface area (Å²) in [5.74, 6) is -0.0522. The van der Waals surface area contributed by atoms with Gasteiger partial charge in [0.1, 0.15) is 0 Å². The third-order valence-electron chi connectivity index (χ3n) is 3.87. The molecule has 0 N–H and O–H groups in total. The molecule has 1 fully saturated rings. The van der Waals surface area contributed by atoms with Gasteiger partial charge in [-0.15, -0.1) is 0 Å². The second-order valence-electron chi connectivity index (χ2n) is 5.33. The summed E-state index contributed by atoms with van der Waals surface area (Å²) in [6.45, 7) is 2.11. The summed E-state index contributed by atoms with van der Waals surface area (Å²) >= 11 is 5.84. The smallest absolute Gasteiger partial charge is 0.254 e. The van der Waals surface area contributed by atoms with E-state index >= 15 is 0 Å². The van der Waals surface area contributed by atoms with Gasteiger partial charge in [-0.3, -0.25) is 14.6 Å². The van der Waals surface area contributed by atoms with Crippen molar-refractivity contribution in [3.05, 3.63) is 64.9 Å². The first-order valence-corrected chi connectivity index (χ1v) is 7.77. The van der Waals surface area contributed by atoms with Crippen molar-refractivity contribution in [3.63, 3.8) is 0 Å². The molecule has 6 heteroatoms. The second-order valence-corrected chi connectivity index (χ2v) is 5.76. The average Bonchev–Trinajstić information content (AvgIpc) is 2.62. The number of nitrogens with zero attached hydrogens (tertiary/aromatic N) is 3. The molecule has 0 atom stereocenters. The molecule has 0 radical (unpaired) electrons. The van der Waals surface area contributed by atoms with Crippen molar-refractivity contribution in [2.75, 3.05) is 26.2 Å². The molecule has 2 aromatic rings. The number of pyridine rings is 1. The molecule has 1 aliphatic rings. The normalized spacial score (nSPS) is 14.7. The molecule has 1 aromatic heterocycles. The van der Waals surface area contributed by atoms with Gasteiger partial charge >= 0.3 is 0 Å². The maximum absolute atomic E-state index is 12.4. The van der Waals surface area contributed by atoms with E-state index in [1.165, 1.54) is 0 Å². The van der Waals surface area contributed by atoms with E-state index in [2.05, 4.69) is 4.98 Å². The Balaban J connectivity index is 1.61.